The number of rotatable bonds is 8. The fourth-order valence-corrected chi connectivity index (χ4v) is 2.12. The molecule has 0 radical (unpaired) electrons. The highest BCUT2D eigenvalue weighted by Gasteiger charge is 2.12. The van der Waals surface area contributed by atoms with Gasteiger partial charge in [0.2, 0.25) is 0 Å². The van der Waals surface area contributed by atoms with E-state index < -0.39 is 29.3 Å². The number of benzene rings is 2. The number of nitro groups is 1. The predicted molar refractivity (Wildman–Crippen MR) is 101 cm³/mol. The Hall–Kier alpha value is -3.95. The van der Waals surface area contributed by atoms with Crippen molar-refractivity contribution in [3.8, 4) is 5.75 Å². The van der Waals surface area contributed by atoms with Crippen molar-refractivity contribution in [2.45, 2.75) is 13.3 Å². The number of nitrogens with zero attached hydrogens (tertiary/aromatic N) is 1. The van der Waals surface area contributed by atoms with Crippen molar-refractivity contribution in [3.63, 3.8) is 0 Å². The van der Waals surface area contributed by atoms with Gasteiger partial charge in [-0.1, -0.05) is 19.1 Å². The summed E-state index contributed by atoms with van der Waals surface area (Å²) in [6, 6.07) is 12.0. The molecule has 0 spiro atoms. The second kappa shape index (κ2) is 10.4. The summed E-state index contributed by atoms with van der Waals surface area (Å²) in [4.78, 5) is 45.1. The minimum absolute atomic E-state index is 0.107. The van der Waals surface area contributed by atoms with Crippen LogP contribution in [0.4, 0.5) is 5.69 Å². The molecule has 152 valence electrons. The van der Waals surface area contributed by atoms with Gasteiger partial charge in [0.1, 0.15) is 5.75 Å². The third-order valence-corrected chi connectivity index (χ3v) is 3.71. The monoisotopic (exact) mass is 401 g/mol. The highest BCUT2D eigenvalue weighted by Crippen LogP contribution is 2.13. The van der Waals surface area contributed by atoms with Gasteiger partial charge in [-0.2, -0.15) is 0 Å². The van der Waals surface area contributed by atoms with Crippen LogP contribution in [-0.4, -0.2) is 35.9 Å². The van der Waals surface area contributed by atoms with Crippen LogP contribution in [0.1, 0.15) is 22.8 Å². The number of hydrogen-bond donors (Lipinski definition) is 2. The number of nitrogens with one attached hydrogen (secondary N) is 2. The van der Waals surface area contributed by atoms with E-state index in [1.807, 2.05) is 19.1 Å². The average molecular weight is 401 g/mol. The first-order valence-electron chi connectivity index (χ1n) is 8.60. The second-order valence-corrected chi connectivity index (χ2v) is 5.75. The number of carbonyl (C=O) groups is 3. The summed E-state index contributed by atoms with van der Waals surface area (Å²) < 4.78 is 10.0. The maximum absolute atomic E-state index is 11.9. The molecule has 0 unspecified atom stereocenters. The number of ether oxygens (including phenoxy) is 2. The van der Waals surface area contributed by atoms with E-state index in [1.165, 1.54) is 12.1 Å². The van der Waals surface area contributed by atoms with E-state index in [2.05, 4.69) is 10.9 Å². The second-order valence-electron chi connectivity index (χ2n) is 5.75. The van der Waals surface area contributed by atoms with Crippen molar-refractivity contribution in [1.29, 1.82) is 0 Å². The van der Waals surface area contributed by atoms with Crippen molar-refractivity contribution in [3.05, 3.63) is 69.8 Å². The van der Waals surface area contributed by atoms with Gasteiger partial charge in [-0.15, -0.1) is 0 Å². The quantitative estimate of drug-likeness (QED) is 0.389. The SMILES string of the molecule is CCc1ccc(OCC(=O)OCC(=O)NNC(=O)c2ccc([N+](=O)[O-])cc2)cc1. The molecule has 0 aliphatic rings. The lowest BCUT2D eigenvalue weighted by atomic mass is 10.2. The van der Waals surface area contributed by atoms with Crippen LogP contribution in [0.15, 0.2) is 48.5 Å². The molecule has 2 N–H and O–H groups in total. The largest absolute Gasteiger partial charge is 0.482 e. The van der Waals surface area contributed by atoms with Crippen LogP contribution in [0, 0.1) is 10.1 Å². The van der Waals surface area contributed by atoms with Gasteiger partial charge in [0, 0.05) is 17.7 Å². The van der Waals surface area contributed by atoms with Crippen LogP contribution in [0.25, 0.3) is 0 Å². The molecule has 0 bridgehead atoms. The van der Waals surface area contributed by atoms with Crippen LogP contribution in [0.2, 0.25) is 0 Å². The Morgan fingerprint density at radius 1 is 0.966 bits per heavy atom. The molecule has 0 atom stereocenters. The van der Waals surface area contributed by atoms with E-state index in [0.717, 1.165) is 24.1 Å². The molecule has 2 amide bonds. The van der Waals surface area contributed by atoms with E-state index in [1.54, 1.807) is 12.1 Å². The van der Waals surface area contributed by atoms with E-state index >= 15 is 0 Å². The smallest absolute Gasteiger partial charge is 0.344 e. The van der Waals surface area contributed by atoms with Crippen LogP contribution in [0.5, 0.6) is 5.75 Å². The van der Waals surface area contributed by atoms with Gasteiger partial charge < -0.3 is 9.47 Å². The summed E-state index contributed by atoms with van der Waals surface area (Å²) in [5.74, 6) is -1.69. The van der Waals surface area contributed by atoms with E-state index in [0.29, 0.717) is 5.75 Å². The van der Waals surface area contributed by atoms with Gasteiger partial charge in [0.05, 0.1) is 4.92 Å². The number of esters is 1. The third-order valence-electron chi connectivity index (χ3n) is 3.71. The zero-order chi connectivity index (χ0) is 21.2. The molecule has 0 aromatic heterocycles. The molecule has 0 fully saturated rings. The Kier molecular flexibility index (Phi) is 7.66. The van der Waals surface area contributed by atoms with Crippen molar-refractivity contribution in [1.82, 2.24) is 10.9 Å². The Labute approximate surface area is 165 Å². The molecule has 0 aliphatic carbocycles. The maximum Gasteiger partial charge on any atom is 0.344 e. The Bertz CT molecular complexity index is 880. The summed E-state index contributed by atoms with van der Waals surface area (Å²) in [5, 5.41) is 10.6. The molecule has 0 saturated heterocycles. The minimum atomic E-state index is -0.763. The average Bonchev–Trinajstić information content (AvgIpc) is 2.74. The molecule has 0 aliphatic heterocycles. The molecule has 2 aromatic carbocycles. The Morgan fingerprint density at radius 2 is 1.62 bits per heavy atom. The topological polar surface area (TPSA) is 137 Å². The van der Waals surface area contributed by atoms with Crippen LogP contribution < -0.4 is 15.6 Å². The first-order valence-corrected chi connectivity index (χ1v) is 8.60. The molecule has 29 heavy (non-hydrogen) atoms. The van der Waals surface area contributed by atoms with Crippen molar-refractivity contribution in [2.75, 3.05) is 13.2 Å². The molecule has 10 heteroatoms. The van der Waals surface area contributed by atoms with E-state index in [9.17, 15) is 24.5 Å². The first kappa shape index (κ1) is 21.4. The van der Waals surface area contributed by atoms with Crippen molar-refractivity contribution >= 4 is 23.5 Å². The summed E-state index contributed by atoms with van der Waals surface area (Å²) >= 11 is 0. The first-order chi connectivity index (χ1) is 13.9. The van der Waals surface area contributed by atoms with E-state index in [-0.39, 0.29) is 17.9 Å². The lowest BCUT2D eigenvalue weighted by Crippen LogP contribution is -2.43. The summed E-state index contributed by atoms with van der Waals surface area (Å²) in [5.41, 5.74) is 5.25. The number of amides is 2. The van der Waals surface area contributed by atoms with Crippen LogP contribution in [0.3, 0.4) is 0 Å². The minimum Gasteiger partial charge on any atom is -0.482 e. The van der Waals surface area contributed by atoms with Gasteiger partial charge in [-0.3, -0.25) is 30.6 Å². The van der Waals surface area contributed by atoms with E-state index in [4.69, 9.17) is 9.47 Å². The summed E-state index contributed by atoms with van der Waals surface area (Å²) in [6.07, 6.45) is 0.887. The zero-order valence-corrected chi connectivity index (χ0v) is 15.5. The van der Waals surface area contributed by atoms with Crippen LogP contribution in [-0.2, 0) is 20.7 Å². The molecule has 2 rings (SSSR count). The van der Waals surface area contributed by atoms with Gasteiger partial charge in [-0.05, 0) is 36.2 Å². The van der Waals surface area contributed by atoms with Gasteiger partial charge in [0.15, 0.2) is 13.2 Å². The number of non-ortho nitro benzene ring substituents is 1. The Balaban J connectivity index is 1.68. The predicted octanol–water partition coefficient (Wildman–Crippen LogP) is 1.54. The van der Waals surface area contributed by atoms with Gasteiger partial charge in [0.25, 0.3) is 17.5 Å². The molecular formula is C19H19N3O7. The molecule has 2 aromatic rings. The van der Waals surface area contributed by atoms with Gasteiger partial charge >= 0.3 is 5.97 Å². The summed E-state index contributed by atoms with van der Waals surface area (Å²) in [7, 11) is 0. The molecule has 10 nitrogen and oxygen atoms in total. The maximum atomic E-state index is 11.9. The fourth-order valence-electron chi connectivity index (χ4n) is 2.12. The number of aryl methyl sites for hydroxylation is 1. The highest BCUT2D eigenvalue weighted by molar-refractivity contribution is 5.95. The van der Waals surface area contributed by atoms with Crippen LogP contribution >= 0.6 is 0 Å². The lowest BCUT2D eigenvalue weighted by molar-refractivity contribution is -0.384. The number of hydrazine groups is 1. The van der Waals surface area contributed by atoms with Crippen molar-refractivity contribution in [2.24, 2.45) is 0 Å². The molecule has 0 heterocycles. The van der Waals surface area contributed by atoms with Crippen molar-refractivity contribution < 1.29 is 28.8 Å². The number of carbonyl (C=O) groups excluding carboxylic acids is 3. The standard InChI is InChI=1S/C19H19N3O7/c1-2-13-3-9-16(10-4-13)28-12-18(24)29-11-17(23)20-21-19(25)14-5-7-15(8-6-14)22(26)27/h3-10H,2,11-12H2,1H3,(H,20,23)(H,21,25). The van der Waals surface area contributed by atoms with Gasteiger partial charge in [-0.25, -0.2) is 4.79 Å². The number of hydrogen-bond acceptors (Lipinski definition) is 7. The zero-order valence-electron chi connectivity index (χ0n) is 15.5. The number of nitro benzene ring substituents is 1. The molecule has 0 saturated carbocycles. The lowest BCUT2D eigenvalue weighted by Gasteiger charge is -2.09. The third kappa shape index (κ3) is 6.94. The highest BCUT2D eigenvalue weighted by atomic mass is 16.6. The fraction of sp³-hybridized carbons (Fsp3) is 0.211. The summed E-state index contributed by atoms with van der Waals surface area (Å²) in [6.45, 7) is 1.04. The molecular weight excluding hydrogens is 382 g/mol. The Morgan fingerprint density at radius 3 is 2.21 bits per heavy atom. The normalized spacial score (nSPS) is 9.97.